The Labute approximate surface area is 155 Å². The monoisotopic (exact) mass is 382 g/mol. The van der Waals surface area contributed by atoms with Crippen molar-refractivity contribution in [1.29, 1.82) is 5.26 Å². The summed E-state index contributed by atoms with van der Waals surface area (Å²) in [5, 5.41) is 20.0. The average molecular weight is 382 g/mol. The summed E-state index contributed by atoms with van der Waals surface area (Å²) in [5.41, 5.74) is -0.267. The van der Waals surface area contributed by atoms with Crippen LogP contribution in [0.3, 0.4) is 0 Å². The quantitative estimate of drug-likeness (QED) is 0.640. The molecule has 0 radical (unpaired) electrons. The second kappa shape index (κ2) is 6.93. The van der Waals surface area contributed by atoms with Crippen molar-refractivity contribution in [3.05, 3.63) is 23.8 Å². The molecule has 0 bridgehead atoms. The minimum atomic E-state index is -2.54. The summed E-state index contributed by atoms with van der Waals surface area (Å²) in [7, 11) is 1.82. The predicted octanol–water partition coefficient (Wildman–Crippen LogP) is 2.66. The van der Waals surface area contributed by atoms with Gasteiger partial charge in [0.25, 0.3) is 5.76 Å². The molecule has 1 aromatic rings. The van der Waals surface area contributed by atoms with Crippen LogP contribution in [-0.2, 0) is 0 Å². The van der Waals surface area contributed by atoms with Crippen LogP contribution in [0.25, 0.3) is 0 Å². The number of halogens is 2. The van der Waals surface area contributed by atoms with Crippen LogP contribution in [0.2, 0.25) is 0 Å². The Balaban J connectivity index is 2.09. The second-order valence-electron chi connectivity index (χ2n) is 6.80. The Morgan fingerprint density at radius 1 is 1.42 bits per heavy atom. The number of hydrogen-bond donors (Lipinski definition) is 1. The summed E-state index contributed by atoms with van der Waals surface area (Å²) < 4.78 is 31.5. The molecule has 0 saturated carbocycles. The number of nitriles is 1. The Hall–Kier alpha value is -2.05. The largest absolute Gasteiger partial charge is 0.485 e. The van der Waals surface area contributed by atoms with Gasteiger partial charge < -0.3 is 19.6 Å². The van der Waals surface area contributed by atoms with Crippen molar-refractivity contribution in [1.82, 2.24) is 9.80 Å². The number of ether oxygens (including phenoxy) is 1. The van der Waals surface area contributed by atoms with Gasteiger partial charge in [-0.3, -0.25) is 0 Å². The lowest BCUT2D eigenvalue weighted by Crippen LogP contribution is -2.54. The maximum atomic E-state index is 12.8. The highest BCUT2D eigenvalue weighted by molar-refractivity contribution is 7.99. The second-order valence-corrected chi connectivity index (χ2v) is 7.86. The van der Waals surface area contributed by atoms with Crippen LogP contribution >= 0.6 is 11.8 Å². The van der Waals surface area contributed by atoms with Gasteiger partial charge in [-0.2, -0.15) is 14.0 Å². The van der Waals surface area contributed by atoms with Crippen molar-refractivity contribution in [3.63, 3.8) is 0 Å². The minimum Gasteiger partial charge on any atom is -0.485 e. The topological polar surface area (TPSA) is 72.1 Å². The predicted molar refractivity (Wildman–Crippen MR) is 94.1 cm³/mol. The number of rotatable bonds is 3. The number of nitrogens with zero attached hydrogens (tertiary/aromatic N) is 4. The molecule has 3 rings (SSSR count). The van der Waals surface area contributed by atoms with E-state index in [0.717, 1.165) is 0 Å². The van der Waals surface area contributed by atoms with Gasteiger partial charge in [-0.05, 0) is 32.0 Å². The standard InChI is InChI=1S/C17H20F2N4O2S/c1-17(2)14(24)13(23-7-6-22(3)16(23)21-9-20)11-8-10(26-15(18)19)4-5-12(11)25-17/h4-5,8,13-15,24H,6-7H2,1-3H3/t13-,14+/m1/s1. The number of likely N-dealkylation sites (N-methyl/N-ethyl adjacent to an activating group) is 1. The molecule has 26 heavy (non-hydrogen) atoms. The fourth-order valence-electron chi connectivity index (χ4n) is 3.39. The Morgan fingerprint density at radius 2 is 2.15 bits per heavy atom. The lowest BCUT2D eigenvalue weighted by Gasteiger charge is -2.45. The van der Waals surface area contributed by atoms with Gasteiger partial charge in [0.05, 0.1) is 6.04 Å². The van der Waals surface area contributed by atoms with Crippen molar-refractivity contribution < 1.29 is 18.6 Å². The zero-order valence-corrected chi connectivity index (χ0v) is 15.5. The van der Waals surface area contributed by atoms with Crippen LogP contribution in [0.1, 0.15) is 25.5 Å². The lowest BCUT2D eigenvalue weighted by molar-refractivity contribution is -0.0802. The number of fused-ring (bicyclic) bond motifs is 1. The van der Waals surface area contributed by atoms with E-state index in [0.29, 0.717) is 47.0 Å². The van der Waals surface area contributed by atoms with Crippen LogP contribution in [0.4, 0.5) is 8.78 Å². The normalized spacial score (nSPS) is 26.0. The third-order valence-corrected chi connectivity index (χ3v) is 5.37. The molecule has 6 nitrogen and oxygen atoms in total. The first-order valence-corrected chi connectivity index (χ1v) is 9.03. The average Bonchev–Trinajstić information content (AvgIpc) is 2.90. The number of thioether (sulfide) groups is 1. The molecule has 0 spiro atoms. The highest BCUT2D eigenvalue weighted by Gasteiger charge is 2.48. The maximum Gasteiger partial charge on any atom is 0.288 e. The van der Waals surface area contributed by atoms with E-state index in [1.54, 1.807) is 38.2 Å². The zero-order chi connectivity index (χ0) is 19.1. The first-order valence-electron chi connectivity index (χ1n) is 8.15. The van der Waals surface area contributed by atoms with Gasteiger partial charge >= 0.3 is 0 Å². The highest BCUT2D eigenvalue weighted by Crippen LogP contribution is 2.45. The van der Waals surface area contributed by atoms with Gasteiger partial charge in [-0.1, -0.05) is 11.8 Å². The van der Waals surface area contributed by atoms with E-state index >= 15 is 0 Å². The van der Waals surface area contributed by atoms with Gasteiger partial charge in [0.1, 0.15) is 17.5 Å². The first kappa shape index (κ1) is 18.7. The summed E-state index contributed by atoms with van der Waals surface area (Å²) >= 11 is 0.447. The van der Waals surface area contributed by atoms with Crippen molar-refractivity contribution in [3.8, 4) is 11.9 Å². The molecule has 0 aromatic heterocycles. The van der Waals surface area contributed by atoms with Crippen LogP contribution in [0, 0.1) is 11.5 Å². The van der Waals surface area contributed by atoms with E-state index in [2.05, 4.69) is 4.99 Å². The van der Waals surface area contributed by atoms with Crippen LogP contribution in [-0.4, -0.2) is 58.5 Å². The third-order valence-electron chi connectivity index (χ3n) is 4.67. The van der Waals surface area contributed by atoms with Gasteiger partial charge in [-0.25, -0.2) is 0 Å². The first-order chi connectivity index (χ1) is 12.2. The highest BCUT2D eigenvalue weighted by atomic mass is 32.2. The Bertz CT molecular complexity index is 766. The van der Waals surface area contributed by atoms with Crippen molar-refractivity contribution in [2.24, 2.45) is 4.99 Å². The molecular formula is C17H20F2N4O2S. The van der Waals surface area contributed by atoms with E-state index in [4.69, 9.17) is 10.00 Å². The molecule has 9 heteroatoms. The Kier molecular flexibility index (Phi) is 4.99. The van der Waals surface area contributed by atoms with E-state index in [-0.39, 0.29) is 0 Å². The molecule has 0 aliphatic carbocycles. The Morgan fingerprint density at radius 3 is 2.81 bits per heavy atom. The van der Waals surface area contributed by atoms with Crippen molar-refractivity contribution in [2.75, 3.05) is 20.1 Å². The molecular weight excluding hydrogens is 362 g/mol. The number of aliphatic hydroxyl groups is 1. The zero-order valence-electron chi connectivity index (χ0n) is 14.7. The smallest absolute Gasteiger partial charge is 0.288 e. The lowest BCUT2D eigenvalue weighted by atomic mass is 9.85. The summed E-state index contributed by atoms with van der Waals surface area (Å²) in [6.07, 6.45) is 0.861. The van der Waals surface area contributed by atoms with Crippen molar-refractivity contribution in [2.45, 2.75) is 42.2 Å². The van der Waals surface area contributed by atoms with Gasteiger partial charge in [0.15, 0.2) is 0 Å². The summed E-state index contributed by atoms with van der Waals surface area (Å²) in [6, 6.07) is 4.31. The molecule has 0 unspecified atom stereocenters. The molecule has 1 saturated heterocycles. The molecule has 140 valence electrons. The number of benzene rings is 1. The van der Waals surface area contributed by atoms with Crippen LogP contribution in [0.15, 0.2) is 28.1 Å². The minimum absolute atomic E-state index is 0.394. The van der Waals surface area contributed by atoms with Gasteiger partial charge in [0.2, 0.25) is 12.2 Å². The van der Waals surface area contributed by atoms with Crippen LogP contribution in [0.5, 0.6) is 5.75 Å². The molecule has 1 aromatic carbocycles. The van der Waals surface area contributed by atoms with E-state index in [1.807, 2.05) is 16.8 Å². The fraction of sp³-hybridized carbons (Fsp3) is 0.529. The fourth-order valence-corrected chi connectivity index (χ4v) is 3.94. The van der Waals surface area contributed by atoms with Crippen molar-refractivity contribution >= 4 is 17.7 Å². The molecule has 2 atom stereocenters. The molecule has 0 amide bonds. The molecule has 2 heterocycles. The number of guanidine groups is 1. The van der Waals surface area contributed by atoms with Gasteiger partial charge in [-0.15, -0.1) is 4.99 Å². The third kappa shape index (κ3) is 3.31. The number of aliphatic hydroxyl groups excluding tert-OH is 1. The molecule has 2 aliphatic rings. The van der Waals surface area contributed by atoms with Gasteiger partial charge in [0, 0.05) is 30.6 Å². The van der Waals surface area contributed by atoms with E-state index in [1.165, 1.54) is 0 Å². The summed E-state index contributed by atoms with van der Waals surface area (Å²) in [4.78, 5) is 7.95. The molecule has 1 N–H and O–H groups in total. The SMILES string of the molecule is CN1CCN([C@@H]2c3cc(SC(F)F)ccc3OC(C)(C)[C@H]2O)C1=NC#N. The maximum absolute atomic E-state index is 12.8. The summed E-state index contributed by atoms with van der Waals surface area (Å²) in [6.45, 7) is 4.75. The summed E-state index contributed by atoms with van der Waals surface area (Å²) in [5.74, 6) is -1.55. The molecule has 2 aliphatic heterocycles. The van der Waals surface area contributed by atoms with E-state index in [9.17, 15) is 13.9 Å². The number of alkyl halides is 2. The number of hydrogen-bond acceptors (Lipinski definition) is 5. The van der Waals surface area contributed by atoms with E-state index < -0.39 is 23.5 Å². The number of aliphatic imine (C=N–C) groups is 1. The van der Waals surface area contributed by atoms with Crippen LogP contribution < -0.4 is 4.74 Å². The molecule has 1 fully saturated rings.